The highest BCUT2D eigenvalue weighted by Gasteiger charge is 2.23. The number of methoxy groups -OCH3 is 1. The van der Waals surface area contributed by atoms with Crippen LogP contribution >= 0.6 is 0 Å². The van der Waals surface area contributed by atoms with E-state index in [9.17, 15) is 13.6 Å². The SMILES string of the molecule is COC(=O)c1c(F)cc(C(C)(C)C)cc1F. The Morgan fingerprint density at radius 3 is 1.94 bits per heavy atom. The summed E-state index contributed by atoms with van der Waals surface area (Å²) in [5, 5.41) is 0. The van der Waals surface area contributed by atoms with Gasteiger partial charge in [-0.15, -0.1) is 0 Å². The molecule has 4 heteroatoms. The Hall–Kier alpha value is -1.45. The molecule has 0 aliphatic carbocycles. The Kier molecular flexibility index (Phi) is 3.31. The fraction of sp³-hybridized carbons (Fsp3) is 0.417. The topological polar surface area (TPSA) is 26.3 Å². The monoisotopic (exact) mass is 228 g/mol. The average Bonchev–Trinajstić information content (AvgIpc) is 2.14. The van der Waals surface area contributed by atoms with Crippen LogP contribution in [0.2, 0.25) is 0 Å². The van der Waals surface area contributed by atoms with E-state index in [1.807, 2.05) is 20.8 Å². The number of carbonyl (C=O) groups is 1. The van der Waals surface area contributed by atoms with Gasteiger partial charge in [0.05, 0.1) is 7.11 Å². The molecule has 0 aromatic heterocycles. The highest BCUT2D eigenvalue weighted by atomic mass is 19.1. The van der Waals surface area contributed by atoms with Gasteiger partial charge in [0.2, 0.25) is 0 Å². The Morgan fingerprint density at radius 2 is 1.62 bits per heavy atom. The quantitative estimate of drug-likeness (QED) is 0.690. The number of halogens is 2. The molecule has 0 heterocycles. The van der Waals surface area contributed by atoms with Crippen molar-refractivity contribution in [3.63, 3.8) is 0 Å². The Bertz CT molecular complexity index is 397. The van der Waals surface area contributed by atoms with Crippen molar-refractivity contribution < 1.29 is 18.3 Å². The van der Waals surface area contributed by atoms with Crippen molar-refractivity contribution >= 4 is 5.97 Å². The summed E-state index contributed by atoms with van der Waals surface area (Å²) in [6.45, 7) is 5.50. The fourth-order valence-electron chi connectivity index (χ4n) is 1.30. The smallest absolute Gasteiger partial charge is 0.343 e. The van der Waals surface area contributed by atoms with Gasteiger partial charge in [-0.3, -0.25) is 0 Å². The van der Waals surface area contributed by atoms with E-state index in [0.29, 0.717) is 5.56 Å². The molecule has 0 fully saturated rings. The zero-order valence-electron chi connectivity index (χ0n) is 9.73. The molecule has 0 bridgehead atoms. The summed E-state index contributed by atoms with van der Waals surface area (Å²) in [6, 6.07) is 2.32. The maximum Gasteiger partial charge on any atom is 0.343 e. The molecule has 1 aromatic rings. The molecule has 0 unspecified atom stereocenters. The summed E-state index contributed by atoms with van der Waals surface area (Å²) < 4.78 is 31.4. The molecular weight excluding hydrogens is 214 g/mol. The van der Waals surface area contributed by atoms with E-state index in [1.165, 1.54) is 0 Å². The van der Waals surface area contributed by atoms with Gasteiger partial charge in [0.25, 0.3) is 0 Å². The summed E-state index contributed by atoms with van der Waals surface area (Å²) in [7, 11) is 1.08. The van der Waals surface area contributed by atoms with E-state index in [0.717, 1.165) is 19.2 Å². The molecule has 0 atom stereocenters. The third-order valence-corrected chi connectivity index (χ3v) is 2.30. The first-order valence-corrected chi connectivity index (χ1v) is 4.85. The highest BCUT2D eigenvalue weighted by molar-refractivity contribution is 5.90. The molecule has 0 saturated carbocycles. The highest BCUT2D eigenvalue weighted by Crippen LogP contribution is 2.26. The molecule has 0 aliphatic heterocycles. The van der Waals surface area contributed by atoms with Crippen LogP contribution in [0.5, 0.6) is 0 Å². The third kappa shape index (κ3) is 2.38. The second-order valence-corrected chi connectivity index (χ2v) is 4.56. The van der Waals surface area contributed by atoms with Crippen LogP contribution in [-0.2, 0) is 10.2 Å². The van der Waals surface area contributed by atoms with Crippen LogP contribution in [0.15, 0.2) is 12.1 Å². The normalized spacial score (nSPS) is 11.4. The van der Waals surface area contributed by atoms with Crippen LogP contribution < -0.4 is 0 Å². The zero-order chi connectivity index (χ0) is 12.5. The minimum absolute atomic E-state index is 0.379. The first-order chi connectivity index (χ1) is 7.27. The number of esters is 1. The van der Waals surface area contributed by atoms with Gasteiger partial charge in [-0.1, -0.05) is 20.8 Å². The molecule has 0 amide bonds. The van der Waals surface area contributed by atoms with Crippen molar-refractivity contribution in [3.05, 3.63) is 34.9 Å². The summed E-state index contributed by atoms with van der Waals surface area (Å²) >= 11 is 0. The maximum atomic E-state index is 13.5. The van der Waals surface area contributed by atoms with Crippen LogP contribution in [0.3, 0.4) is 0 Å². The predicted molar refractivity (Wildman–Crippen MR) is 56.4 cm³/mol. The maximum absolute atomic E-state index is 13.5. The largest absolute Gasteiger partial charge is 0.465 e. The molecule has 1 aromatic carbocycles. The first-order valence-electron chi connectivity index (χ1n) is 4.85. The molecule has 1 rings (SSSR count). The number of benzene rings is 1. The number of hydrogen-bond donors (Lipinski definition) is 0. The number of carbonyl (C=O) groups excluding carboxylic acids is 1. The van der Waals surface area contributed by atoms with Crippen molar-refractivity contribution in [2.24, 2.45) is 0 Å². The van der Waals surface area contributed by atoms with Crippen molar-refractivity contribution in [3.8, 4) is 0 Å². The van der Waals surface area contributed by atoms with Crippen molar-refractivity contribution in [2.45, 2.75) is 26.2 Å². The van der Waals surface area contributed by atoms with Crippen molar-refractivity contribution in [1.29, 1.82) is 0 Å². The summed E-state index contributed by atoms with van der Waals surface area (Å²) in [4.78, 5) is 11.1. The van der Waals surface area contributed by atoms with Crippen LogP contribution in [0.4, 0.5) is 8.78 Å². The second-order valence-electron chi connectivity index (χ2n) is 4.56. The van der Waals surface area contributed by atoms with E-state index >= 15 is 0 Å². The van der Waals surface area contributed by atoms with Gasteiger partial charge < -0.3 is 4.74 Å². The van der Waals surface area contributed by atoms with E-state index in [1.54, 1.807) is 0 Å². The molecule has 88 valence electrons. The van der Waals surface area contributed by atoms with Gasteiger partial charge in [-0.25, -0.2) is 13.6 Å². The summed E-state index contributed by atoms with van der Waals surface area (Å²) in [6.07, 6.45) is 0. The minimum atomic E-state index is -1.00. The fourth-order valence-corrected chi connectivity index (χ4v) is 1.30. The Labute approximate surface area is 93.2 Å². The van der Waals surface area contributed by atoms with Gasteiger partial charge in [0.1, 0.15) is 17.2 Å². The molecule has 0 spiro atoms. The van der Waals surface area contributed by atoms with Crippen LogP contribution in [0.25, 0.3) is 0 Å². The lowest BCUT2D eigenvalue weighted by Crippen LogP contribution is -2.15. The number of ether oxygens (including phenoxy) is 1. The molecule has 16 heavy (non-hydrogen) atoms. The van der Waals surface area contributed by atoms with Crippen LogP contribution in [0.1, 0.15) is 36.7 Å². The number of rotatable bonds is 1. The van der Waals surface area contributed by atoms with E-state index < -0.39 is 23.2 Å². The first kappa shape index (κ1) is 12.6. The van der Waals surface area contributed by atoms with Gasteiger partial charge >= 0.3 is 5.97 Å². The Balaban J connectivity index is 3.34. The van der Waals surface area contributed by atoms with E-state index in [-0.39, 0.29) is 5.41 Å². The van der Waals surface area contributed by atoms with Gasteiger partial charge in [0.15, 0.2) is 0 Å². The van der Waals surface area contributed by atoms with E-state index in [4.69, 9.17) is 0 Å². The molecule has 0 N–H and O–H groups in total. The third-order valence-electron chi connectivity index (χ3n) is 2.30. The summed E-state index contributed by atoms with van der Waals surface area (Å²) in [5.74, 6) is -2.79. The molecular formula is C12H14F2O2. The Morgan fingerprint density at radius 1 is 1.19 bits per heavy atom. The van der Waals surface area contributed by atoms with Crippen molar-refractivity contribution in [2.75, 3.05) is 7.11 Å². The van der Waals surface area contributed by atoms with Crippen LogP contribution in [0, 0.1) is 11.6 Å². The predicted octanol–water partition coefficient (Wildman–Crippen LogP) is 3.05. The lowest BCUT2D eigenvalue weighted by atomic mass is 9.86. The lowest BCUT2D eigenvalue weighted by molar-refractivity contribution is 0.0589. The van der Waals surface area contributed by atoms with Crippen LogP contribution in [-0.4, -0.2) is 13.1 Å². The van der Waals surface area contributed by atoms with Crippen molar-refractivity contribution in [1.82, 2.24) is 0 Å². The number of hydrogen-bond acceptors (Lipinski definition) is 2. The van der Waals surface area contributed by atoms with Gasteiger partial charge in [-0.05, 0) is 23.1 Å². The molecule has 0 radical (unpaired) electrons. The molecule has 0 saturated heterocycles. The summed E-state index contributed by atoms with van der Waals surface area (Å²) in [5.41, 5.74) is -0.526. The average molecular weight is 228 g/mol. The second kappa shape index (κ2) is 4.20. The van der Waals surface area contributed by atoms with Gasteiger partial charge in [-0.2, -0.15) is 0 Å². The minimum Gasteiger partial charge on any atom is -0.465 e. The molecule has 2 nitrogen and oxygen atoms in total. The molecule has 0 aliphatic rings. The van der Waals surface area contributed by atoms with E-state index in [2.05, 4.69) is 4.74 Å². The zero-order valence-corrected chi connectivity index (χ0v) is 9.73. The lowest BCUT2D eigenvalue weighted by Gasteiger charge is -2.19. The van der Waals surface area contributed by atoms with Gasteiger partial charge in [0, 0.05) is 0 Å². The standard InChI is InChI=1S/C12H14F2O2/c1-12(2,3)7-5-8(13)10(9(14)6-7)11(15)16-4/h5-6H,1-4H3.